The van der Waals surface area contributed by atoms with Crippen LogP contribution < -0.4 is 56.6 Å². The molecule has 10 heteroatoms. The van der Waals surface area contributed by atoms with E-state index in [9.17, 15) is 0 Å². The molecule has 0 aromatic heterocycles. The van der Waals surface area contributed by atoms with Crippen LogP contribution >= 0.6 is 0 Å². The zero-order valence-corrected chi connectivity index (χ0v) is 27.5. The van der Waals surface area contributed by atoms with Crippen LogP contribution in [0.25, 0.3) is 0 Å². The van der Waals surface area contributed by atoms with Crippen molar-refractivity contribution in [2.24, 2.45) is 0 Å². The number of hydrogen-bond donors (Lipinski definition) is 0. The molecular formula is C26H49KN2O6Si. The van der Waals surface area contributed by atoms with E-state index >= 15 is 0 Å². The Hall–Kier alpha value is 0.883. The van der Waals surface area contributed by atoms with Gasteiger partial charge in [0.1, 0.15) is 0 Å². The number of nitrogens with zero attached hydrogens (tertiary/aromatic N) is 2. The van der Waals surface area contributed by atoms with E-state index in [1.54, 1.807) is 5.19 Å². The Kier molecular flexibility index (Phi) is 22.0. The van der Waals surface area contributed by atoms with E-state index in [2.05, 4.69) is 53.7 Å². The van der Waals surface area contributed by atoms with Crippen LogP contribution in [0.4, 0.5) is 0 Å². The summed E-state index contributed by atoms with van der Waals surface area (Å²) in [5.74, 6) is 0. The number of fused-ring (bicyclic) bond motifs is 21. The van der Waals surface area contributed by atoms with E-state index in [1.807, 2.05) is 0 Å². The van der Waals surface area contributed by atoms with Crippen molar-refractivity contribution in [1.82, 2.24) is 9.80 Å². The zero-order valence-electron chi connectivity index (χ0n) is 23.4. The van der Waals surface area contributed by atoms with Crippen molar-refractivity contribution in [2.75, 3.05) is 119 Å². The molecule has 0 amide bonds. The van der Waals surface area contributed by atoms with E-state index in [1.165, 1.54) is 0 Å². The molecule has 3 aliphatic rings. The first-order valence-electron chi connectivity index (χ1n) is 13.2. The summed E-state index contributed by atoms with van der Waals surface area (Å²) in [4.78, 5) is 4.62. The first-order chi connectivity index (χ1) is 17.1. The van der Waals surface area contributed by atoms with E-state index < -0.39 is 8.07 Å². The molecule has 36 heavy (non-hydrogen) atoms. The summed E-state index contributed by atoms with van der Waals surface area (Å²) >= 11 is 0. The molecule has 2 bridgehead atoms. The monoisotopic (exact) mass is 552 g/mol. The second-order valence-corrected chi connectivity index (χ2v) is 14.9. The van der Waals surface area contributed by atoms with Crippen LogP contribution in [0, 0.1) is 0 Å². The van der Waals surface area contributed by atoms with E-state index in [-0.39, 0.29) is 51.4 Å². The Morgan fingerprint density at radius 1 is 0.472 bits per heavy atom. The molecule has 3 aliphatic heterocycles. The van der Waals surface area contributed by atoms with Crippen molar-refractivity contribution in [1.29, 1.82) is 0 Å². The van der Waals surface area contributed by atoms with Crippen LogP contribution in [0.5, 0.6) is 0 Å². The molecule has 0 aliphatic carbocycles. The molecular weight excluding hydrogens is 503 g/mol. The average Bonchev–Trinajstić information content (AvgIpc) is 3.38. The maximum Gasteiger partial charge on any atom is 1.00 e. The summed E-state index contributed by atoms with van der Waals surface area (Å²) in [6, 6.07) is 8.69. The third-order valence-corrected chi connectivity index (χ3v) is 8.02. The van der Waals surface area contributed by atoms with Crippen molar-refractivity contribution in [3.05, 3.63) is 24.3 Å². The zero-order chi connectivity index (χ0) is 25.0. The molecule has 4 rings (SSSR count). The Morgan fingerprint density at radius 2 is 0.722 bits per heavy atom. The van der Waals surface area contributed by atoms with Crippen molar-refractivity contribution in [3.8, 4) is 0 Å². The quantitative estimate of drug-likeness (QED) is 0.314. The Bertz CT molecular complexity index is 528. The number of hydrogen-bond acceptors (Lipinski definition) is 8. The topological polar surface area (TPSA) is 61.9 Å². The molecule has 0 spiro atoms. The Balaban J connectivity index is 0.000000546. The van der Waals surface area contributed by atoms with Crippen LogP contribution in [-0.4, -0.2) is 136 Å². The van der Waals surface area contributed by atoms with Crippen LogP contribution in [0.15, 0.2) is 24.3 Å². The molecule has 204 valence electrons. The van der Waals surface area contributed by atoms with E-state index in [4.69, 9.17) is 28.4 Å². The second-order valence-electron chi connectivity index (χ2n) is 9.78. The van der Waals surface area contributed by atoms with E-state index in [0.717, 1.165) is 39.3 Å². The predicted octanol–water partition coefficient (Wildman–Crippen LogP) is -1.33. The van der Waals surface area contributed by atoms with Gasteiger partial charge in [-0.3, -0.25) is 9.80 Å². The maximum atomic E-state index is 5.70. The summed E-state index contributed by atoms with van der Waals surface area (Å²) in [7, 11) is -0.981. The molecule has 1 aromatic carbocycles. The maximum absolute atomic E-state index is 5.70. The SMILES string of the molecule is C1COCCN2CCOCCOCCN(CCO1)CCOCCOCC2.C[Si](C)(C)[c-]1cccc1.[K+]. The molecule has 1 aromatic rings. The second kappa shape index (κ2) is 22.7. The van der Waals surface area contributed by atoms with Gasteiger partial charge in [0, 0.05) is 47.3 Å². The van der Waals surface area contributed by atoms with Gasteiger partial charge in [0.05, 0.1) is 79.3 Å². The third kappa shape index (κ3) is 18.2. The van der Waals surface area contributed by atoms with Crippen molar-refractivity contribution in [3.63, 3.8) is 0 Å². The summed E-state index contributed by atoms with van der Waals surface area (Å²) in [5.41, 5.74) is 0. The molecule has 0 unspecified atom stereocenters. The van der Waals surface area contributed by atoms with Gasteiger partial charge < -0.3 is 28.4 Å². The standard InChI is InChI=1S/C18H36N2O6.C8H13Si.K/c1-7-21-13-14-24-10-4-20-5-11-25-17-15-22-8-2-19(1)3-9-23-16-18-26-12-6-20;1-9(2,3)8-6-4-5-7-8;/h1-18H2;4-7H,1-3H3;/q;-1;+1. The van der Waals surface area contributed by atoms with Crippen LogP contribution in [0.1, 0.15) is 0 Å². The molecule has 3 saturated heterocycles. The normalized spacial score (nSPS) is 25.0. The minimum Gasteiger partial charge on any atom is -0.378 e. The number of ether oxygens (including phenoxy) is 6. The average molecular weight is 553 g/mol. The largest absolute Gasteiger partial charge is 1.00 e. The number of rotatable bonds is 1. The van der Waals surface area contributed by atoms with Crippen LogP contribution in [0.2, 0.25) is 19.6 Å². The van der Waals surface area contributed by atoms with Crippen LogP contribution in [0.3, 0.4) is 0 Å². The van der Waals surface area contributed by atoms with Gasteiger partial charge in [0.2, 0.25) is 0 Å². The summed E-state index contributed by atoms with van der Waals surface area (Å²) < 4.78 is 34.2. The first kappa shape index (κ1) is 34.9. The first-order valence-corrected chi connectivity index (χ1v) is 16.7. The third-order valence-electron chi connectivity index (χ3n) is 5.96. The summed E-state index contributed by atoms with van der Waals surface area (Å²) in [6.07, 6.45) is 0. The van der Waals surface area contributed by atoms with Gasteiger partial charge in [-0.1, -0.05) is 19.6 Å². The van der Waals surface area contributed by atoms with Gasteiger partial charge in [0.25, 0.3) is 0 Å². The molecule has 3 heterocycles. The Morgan fingerprint density at radius 3 is 0.917 bits per heavy atom. The fourth-order valence-electron chi connectivity index (χ4n) is 3.67. The molecule has 0 radical (unpaired) electrons. The van der Waals surface area contributed by atoms with Gasteiger partial charge in [-0.25, -0.2) is 12.1 Å². The minimum atomic E-state index is -0.981. The minimum absolute atomic E-state index is 0. The smallest absolute Gasteiger partial charge is 0.378 e. The van der Waals surface area contributed by atoms with Crippen LogP contribution in [-0.2, 0) is 28.4 Å². The molecule has 0 atom stereocenters. The van der Waals surface area contributed by atoms with Crippen molar-refractivity contribution < 1.29 is 79.8 Å². The van der Waals surface area contributed by atoms with Gasteiger partial charge in [-0.15, -0.1) is 0 Å². The fraction of sp³-hybridized carbons (Fsp3) is 0.808. The van der Waals surface area contributed by atoms with Gasteiger partial charge in [0.15, 0.2) is 0 Å². The van der Waals surface area contributed by atoms with Crippen molar-refractivity contribution in [2.45, 2.75) is 19.6 Å². The fourth-order valence-corrected chi connectivity index (χ4v) is 4.87. The molecule has 0 saturated carbocycles. The van der Waals surface area contributed by atoms with Gasteiger partial charge in [-0.2, -0.15) is 17.3 Å². The molecule has 0 N–H and O–H groups in total. The van der Waals surface area contributed by atoms with Gasteiger partial charge >= 0.3 is 51.4 Å². The molecule has 8 nitrogen and oxygen atoms in total. The van der Waals surface area contributed by atoms with Gasteiger partial charge in [-0.05, 0) is 0 Å². The summed E-state index contributed by atoms with van der Waals surface area (Å²) in [6.45, 7) is 20.3. The Labute approximate surface area is 263 Å². The predicted molar refractivity (Wildman–Crippen MR) is 143 cm³/mol. The van der Waals surface area contributed by atoms with Crippen molar-refractivity contribution >= 4 is 13.3 Å². The summed E-state index contributed by atoms with van der Waals surface area (Å²) in [5, 5.41) is 1.56. The van der Waals surface area contributed by atoms with E-state index in [0.29, 0.717) is 79.3 Å². The molecule has 3 fully saturated rings.